The Hall–Kier alpha value is -1.38. The molecule has 1 aliphatic rings. The molecule has 1 saturated heterocycles. The number of amides is 1. The normalized spacial score (nSPS) is 28.3. The van der Waals surface area contributed by atoms with Crippen molar-refractivity contribution in [3.8, 4) is 0 Å². The lowest BCUT2D eigenvalue weighted by Gasteiger charge is -2.26. The lowest BCUT2D eigenvalue weighted by atomic mass is 10.1. The van der Waals surface area contributed by atoms with Crippen molar-refractivity contribution in [2.75, 3.05) is 19.8 Å². The van der Waals surface area contributed by atoms with Crippen LogP contribution in [0.4, 0.5) is 4.79 Å². The lowest BCUT2D eigenvalue weighted by molar-refractivity contribution is -0.161. The van der Waals surface area contributed by atoms with Crippen molar-refractivity contribution < 1.29 is 33.6 Å². The van der Waals surface area contributed by atoms with Gasteiger partial charge in [-0.1, -0.05) is 13.3 Å². The Bertz CT molecular complexity index is 435. The molecule has 1 fully saturated rings. The number of rotatable bonds is 5. The Kier molecular flexibility index (Phi) is 8.61. The van der Waals surface area contributed by atoms with E-state index in [9.17, 15) is 14.7 Å². The molecule has 0 aromatic carbocycles. The standard InChI is InChI=1S/C17H31NO7/c1-6-7-8-23-13-10-22-9-12(15(20)24-11(2)14(13)19)18-16(21)25-17(3,4)5/h11-14,19H,6-10H2,1-5H3,(H,18,21). The van der Waals surface area contributed by atoms with E-state index in [1.807, 2.05) is 6.92 Å². The van der Waals surface area contributed by atoms with E-state index in [4.69, 9.17) is 18.9 Å². The summed E-state index contributed by atoms with van der Waals surface area (Å²) in [5.41, 5.74) is -0.685. The highest BCUT2D eigenvalue weighted by atomic mass is 16.6. The Morgan fingerprint density at radius 3 is 2.64 bits per heavy atom. The molecule has 1 rings (SSSR count). The van der Waals surface area contributed by atoms with Gasteiger partial charge in [-0.2, -0.15) is 0 Å². The molecular formula is C17H31NO7. The van der Waals surface area contributed by atoms with Gasteiger partial charge < -0.3 is 29.4 Å². The zero-order valence-electron chi connectivity index (χ0n) is 15.7. The number of nitrogens with one attached hydrogen (secondary N) is 1. The molecule has 8 heteroatoms. The maximum absolute atomic E-state index is 12.2. The average Bonchev–Trinajstić information content (AvgIpc) is 2.53. The number of carbonyl (C=O) groups is 2. The first-order chi connectivity index (χ1) is 11.6. The summed E-state index contributed by atoms with van der Waals surface area (Å²) in [6, 6.07) is -1.01. The van der Waals surface area contributed by atoms with Crippen LogP contribution < -0.4 is 5.32 Å². The summed E-state index contributed by atoms with van der Waals surface area (Å²) in [4.78, 5) is 24.1. The number of hydrogen-bond donors (Lipinski definition) is 2. The summed E-state index contributed by atoms with van der Waals surface area (Å²) < 4.78 is 21.5. The fourth-order valence-corrected chi connectivity index (χ4v) is 2.18. The highest BCUT2D eigenvalue weighted by molar-refractivity contribution is 5.81. The van der Waals surface area contributed by atoms with E-state index in [-0.39, 0.29) is 13.2 Å². The van der Waals surface area contributed by atoms with Crippen LogP contribution in [0.3, 0.4) is 0 Å². The van der Waals surface area contributed by atoms with Gasteiger partial charge in [0, 0.05) is 6.61 Å². The summed E-state index contributed by atoms with van der Waals surface area (Å²) >= 11 is 0. The number of ether oxygens (including phenoxy) is 4. The second kappa shape index (κ2) is 9.94. The van der Waals surface area contributed by atoms with Gasteiger partial charge >= 0.3 is 12.1 Å². The molecule has 4 atom stereocenters. The Morgan fingerprint density at radius 1 is 1.36 bits per heavy atom. The van der Waals surface area contributed by atoms with Crippen LogP contribution in [0, 0.1) is 0 Å². The topological polar surface area (TPSA) is 103 Å². The van der Waals surface area contributed by atoms with Crippen molar-refractivity contribution in [1.82, 2.24) is 5.32 Å². The molecule has 1 heterocycles. The third-order valence-corrected chi connectivity index (χ3v) is 3.54. The van der Waals surface area contributed by atoms with Crippen LogP contribution in [0.5, 0.6) is 0 Å². The molecule has 0 spiro atoms. The third kappa shape index (κ3) is 8.02. The maximum Gasteiger partial charge on any atom is 0.408 e. The average molecular weight is 361 g/mol. The molecular weight excluding hydrogens is 330 g/mol. The van der Waals surface area contributed by atoms with Crippen LogP contribution in [0.15, 0.2) is 0 Å². The number of aliphatic hydroxyl groups is 1. The second-order valence-corrected chi connectivity index (χ2v) is 7.13. The van der Waals surface area contributed by atoms with Crippen LogP contribution >= 0.6 is 0 Å². The molecule has 8 nitrogen and oxygen atoms in total. The van der Waals surface area contributed by atoms with E-state index >= 15 is 0 Å². The van der Waals surface area contributed by atoms with Crippen molar-refractivity contribution in [2.45, 2.75) is 77.4 Å². The molecule has 0 aliphatic carbocycles. The second-order valence-electron chi connectivity index (χ2n) is 7.13. The number of carbonyl (C=O) groups excluding carboxylic acids is 2. The first kappa shape index (κ1) is 21.7. The van der Waals surface area contributed by atoms with Gasteiger partial charge in [-0.15, -0.1) is 0 Å². The summed E-state index contributed by atoms with van der Waals surface area (Å²) in [7, 11) is 0. The van der Waals surface area contributed by atoms with Crippen LogP contribution in [0.2, 0.25) is 0 Å². The van der Waals surface area contributed by atoms with E-state index in [0.29, 0.717) is 6.61 Å². The van der Waals surface area contributed by atoms with E-state index in [1.54, 1.807) is 27.7 Å². The SMILES string of the molecule is CCCCOC1COCC(NC(=O)OC(C)(C)C)C(=O)OC(C)C1O. The minimum Gasteiger partial charge on any atom is -0.458 e. The fraction of sp³-hybridized carbons (Fsp3) is 0.882. The lowest BCUT2D eigenvalue weighted by Crippen LogP contribution is -2.47. The zero-order chi connectivity index (χ0) is 19.0. The quantitative estimate of drug-likeness (QED) is 0.563. The summed E-state index contributed by atoms with van der Waals surface area (Å²) in [5.74, 6) is -0.688. The zero-order valence-corrected chi connectivity index (χ0v) is 15.7. The first-order valence-corrected chi connectivity index (χ1v) is 8.71. The van der Waals surface area contributed by atoms with Crippen LogP contribution in [0.25, 0.3) is 0 Å². The van der Waals surface area contributed by atoms with E-state index in [2.05, 4.69) is 5.32 Å². The molecule has 0 aromatic rings. The molecule has 1 amide bonds. The summed E-state index contributed by atoms with van der Waals surface area (Å²) in [5, 5.41) is 12.8. The molecule has 0 radical (unpaired) electrons. The van der Waals surface area contributed by atoms with Gasteiger partial charge in [-0.05, 0) is 34.1 Å². The minimum atomic E-state index is -1.01. The van der Waals surface area contributed by atoms with Crippen molar-refractivity contribution in [3.63, 3.8) is 0 Å². The predicted molar refractivity (Wildman–Crippen MR) is 90.2 cm³/mol. The van der Waals surface area contributed by atoms with Gasteiger partial charge in [-0.3, -0.25) is 0 Å². The van der Waals surface area contributed by atoms with Gasteiger partial charge in [0.25, 0.3) is 0 Å². The van der Waals surface area contributed by atoms with E-state index < -0.39 is 42.0 Å². The van der Waals surface area contributed by atoms with Crippen molar-refractivity contribution in [1.29, 1.82) is 0 Å². The third-order valence-electron chi connectivity index (χ3n) is 3.54. The Labute approximate surface area is 149 Å². The van der Waals surface area contributed by atoms with Crippen molar-refractivity contribution in [3.05, 3.63) is 0 Å². The number of alkyl carbamates (subject to hydrolysis) is 1. The monoisotopic (exact) mass is 361 g/mol. The Morgan fingerprint density at radius 2 is 2.04 bits per heavy atom. The van der Waals surface area contributed by atoms with Gasteiger partial charge in [0.05, 0.1) is 13.2 Å². The molecule has 0 saturated carbocycles. The van der Waals surface area contributed by atoms with Crippen molar-refractivity contribution in [2.24, 2.45) is 0 Å². The molecule has 25 heavy (non-hydrogen) atoms. The van der Waals surface area contributed by atoms with Crippen LogP contribution in [0.1, 0.15) is 47.5 Å². The smallest absolute Gasteiger partial charge is 0.408 e. The van der Waals surface area contributed by atoms with E-state index in [0.717, 1.165) is 12.8 Å². The molecule has 0 bridgehead atoms. The van der Waals surface area contributed by atoms with Crippen LogP contribution in [-0.4, -0.2) is 66.9 Å². The highest BCUT2D eigenvalue weighted by Gasteiger charge is 2.34. The predicted octanol–water partition coefficient (Wildman–Crippen LogP) is 1.39. The molecule has 1 aliphatic heterocycles. The van der Waals surface area contributed by atoms with E-state index in [1.165, 1.54) is 0 Å². The van der Waals surface area contributed by atoms with Crippen LogP contribution in [-0.2, 0) is 23.7 Å². The molecule has 0 aromatic heterocycles. The van der Waals surface area contributed by atoms with Crippen molar-refractivity contribution >= 4 is 12.1 Å². The summed E-state index contributed by atoms with van der Waals surface area (Å²) in [6.45, 7) is 9.28. The number of hydrogen-bond acceptors (Lipinski definition) is 7. The Balaban J connectivity index is 2.68. The first-order valence-electron chi connectivity index (χ1n) is 8.71. The number of cyclic esters (lactones) is 1. The largest absolute Gasteiger partial charge is 0.458 e. The molecule has 146 valence electrons. The number of aliphatic hydroxyl groups excluding tert-OH is 1. The summed E-state index contributed by atoms with van der Waals surface area (Å²) in [6.07, 6.45) is -1.31. The number of esters is 1. The van der Waals surface area contributed by atoms with Gasteiger partial charge in [0.15, 0.2) is 6.04 Å². The van der Waals surface area contributed by atoms with Gasteiger partial charge in [0.2, 0.25) is 0 Å². The minimum absolute atomic E-state index is 0.0921. The molecule has 4 unspecified atom stereocenters. The maximum atomic E-state index is 12.2. The fourth-order valence-electron chi connectivity index (χ4n) is 2.18. The van der Waals surface area contributed by atoms with Gasteiger partial charge in [-0.25, -0.2) is 9.59 Å². The highest BCUT2D eigenvalue weighted by Crippen LogP contribution is 2.14. The van der Waals surface area contributed by atoms with Gasteiger partial charge in [0.1, 0.15) is 23.9 Å². The molecule has 2 N–H and O–H groups in total. The number of unbranched alkanes of at least 4 members (excludes halogenated alkanes) is 1.